The molecule has 204 valence electrons. The highest BCUT2D eigenvalue weighted by atomic mass is 32.2. The van der Waals surface area contributed by atoms with Gasteiger partial charge in [-0.2, -0.15) is 4.31 Å². The summed E-state index contributed by atoms with van der Waals surface area (Å²) in [6.45, 7) is 9.88. The molecule has 9 heteroatoms. The van der Waals surface area contributed by atoms with Crippen LogP contribution in [0.2, 0.25) is 0 Å². The standard InChI is InChI=1S/C29H38N4O4S/c1-21-8-9-22(2)28(18-21)30-14-16-31(17-15-30)29(35)25-7-4-12-32(20-25)38(36,37)26-10-11-27-24(19-26)6-5-13-33(27)23(3)34/h8-11,18-19,25H,4-7,12-17,20H2,1-3H3/t25-/m1/s1. The van der Waals surface area contributed by atoms with Crippen molar-refractivity contribution in [2.24, 2.45) is 5.92 Å². The Morgan fingerprint density at radius 3 is 2.37 bits per heavy atom. The van der Waals surface area contributed by atoms with Gasteiger partial charge in [-0.25, -0.2) is 8.42 Å². The van der Waals surface area contributed by atoms with Gasteiger partial charge in [-0.3, -0.25) is 9.59 Å². The highest BCUT2D eigenvalue weighted by Gasteiger charge is 2.36. The molecule has 3 heterocycles. The molecule has 0 unspecified atom stereocenters. The number of nitrogens with zero attached hydrogens (tertiary/aromatic N) is 4. The van der Waals surface area contributed by atoms with Crippen molar-refractivity contribution in [2.45, 2.75) is 51.3 Å². The van der Waals surface area contributed by atoms with Crippen LogP contribution in [0.15, 0.2) is 41.3 Å². The smallest absolute Gasteiger partial charge is 0.243 e. The third-order valence-electron chi connectivity index (χ3n) is 8.22. The second kappa shape index (κ2) is 10.7. The molecule has 2 saturated heterocycles. The number of sulfonamides is 1. The lowest BCUT2D eigenvalue weighted by Crippen LogP contribution is -2.53. The third-order valence-corrected chi connectivity index (χ3v) is 10.1. The van der Waals surface area contributed by atoms with Gasteiger partial charge in [-0.15, -0.1) is 0 Å². The van der Waals surface area contributed by atoms with Crippen molar-refractivity contribution >= 4 is 33.2 Å². The Balaban J connectivity index is 1.25. The third kappa shape index (κ3) is 5.18. The first-order chi connectivity index (χ1) is 18.1. The lowest BCUT2D eigenvalue weighted by molar-refractivity contribution is -0.137. The van der Waals surface area contributed by atoms with Crippen LogP contribution in [0.1, 0.15) is 42.9 Å². The predicted molar refractivity (Wildman–Crippen MR) is 149 cm³/mol. The van der Waals surface area contributed by atoms with Gasteiger partial charge in [0.2, 0.25) is 21.8 Å². The predicted octanol–water partition coefficient (Wildman–Crippen LogP) is 3.35. The Morgan fingerprint density at radius 1 is 0.868 bits per heavy atom. The van der Waals surface area contributed by atoms with Gasteiger partial charge >= 0.3 is 0 Å². The summed E-state index contributed by atoms with van der Waals surface area (Å²) < 4.78 is 28.7. The van der Waals surface area contributed by atoms with E-state index in [1.165, 1.54) is 28.0 Å². The van der Waals surface area contributed by atoms with E-state index in [0.717, 1.165) is 37.2 Å². The number of carbonyl (C=O) groups is 2. The quantitative estimate of drug-likeness (QED) is 0.597. The number of hydrogen-bond acceptors (Lipinski definition) is 5. The molecule has 0 N–H and O–H groups in total. The monoisotopic (exact) mass is 538 g/mol. The van der Waals surface area contributed by atoms with E-state index in [0.29, 0.717) is 39.0 Å². The van der Waals surface area contributed by atoms with Crippen molar-refractivity contribution in [3.63, 3.8) is 0 Å². The number of piperidine rings is 1. The van der Waals surface area contributed by atoms with E-state index in [-0.39, 0.29) is 29.2 Å². The SMILES string of the molecule is CC(=O)N1CCCc2cc(S(=O)(=O)N3CCC[C@@H](C(=O)N4CCN(c5cc(C)ccc5C)CC4)C3)ccc21. The minimum Gasteiger partial charge on any atom is -0.368 e. The first-order valence-electron chi connectivity index (χ1n) is 13.7. The minimum absolute atomic E-state index is 0.0335. The number of amides is 2. The average Bonchev–Trinajstić information content (AvgIpc) is 2.93. The summed E-state index contributed by atoms with van der Waals surface area (Å²) in [6.07, 6.45) is 2.94. The maximum atomic E-state index is 13.6. The van der Waals surface area contributed by atoms with Gasteiger partial charge in [-0.05, 0) is 80.5 Å². The van der Waals surface area contributed by atoms with Crippen LogP contribution < -0.4 is 9.80 Å². The van der Waals surface area contributed by atoms with E-state index in [1.807, 2.05) is 4.90 Å². The highest BCUT2D eigenvalue weighted by molar-refractivity contribution is 7.89. The summed E-state index contributed by atoms with van der Waals surface area (Å²) >= 11 is 0. The van der Waals surface area contributed by atoms with Gasteiger partial charge < -0.3 is 14.7 Å². The molecular formula is C29H38N4O4S. The Hall–Kier alpha value is -2.91. The Morgan fingerprint density at radius 2 is 1.63 bits per heavy atom. The zero-order valence-corrected chi connectivity index (χ0v) is 23.5. The summed E-state index contributed by atoms with van der Waals surface area (Å²) in [4.78, 5) is 31.7. The van der Waals surface area contributed by atoms with Crippen LogP contribution >= 0.6 is 0 Å². The van der Waals surface area contributed by atoms with Crippen LogP contribution in [0.3, 0.4) is 0 Å². The minimum atomic E-state index is -3.73. The molecule has 2 aromatic rings. The zero-order valence-electron chi connectivity index (χ0n) is 22.6. The zero-order chi connectivity index (χ0) is 27.0. The molecule has 0 bridgehead atoms. The number of aryl methyl sites for hydroxylation is 3. The molecule has 0 saturated carbocycles. The normalized spacial score (nSPS) is 20.8. The van der Waals surface area contributed by atoms with E-state index in [2.05, 4.69) is 36.9 Å². The number of rotatable bonds is 4. The molecule has 0 radical (unpaired) electrons. The van der Waals surface area contributed by atoms with Crippen molar-refractivity contribution in [3.8, 4) is 0 Å². The van der Waals surface area contributed by atoms with Crippen molar-refractivity contribution in [3.05, 3.63) is 53.1 Å². The van der Waals surface area contributed by atoms with E-state index in [4.69, 9.17) is 0 Å². The fourth-order valence-corrected chi connectivity index (χ4v) is 7.63. The number of piperazine rings is 1. The second-order valence-corrected chi connectivity index (χ2v) is 12.8. The number of benzene rings is 2. The van der Waals surface area contributed by atoms with Gasteiger partial charge in [0.25, 0.3) is 0 Å². The van der Waals surface area contributed by atoms with Crippen molar-refractivity contribution < 1.29 is 18.0 Å². The number of carbonyl (C=O) groups excluding carboxylic acids is 2. The van der Waals surface area contributed by atoms with Gasteiger partial charge in [-0.1, -0.05) is 12.1 Å². The van der Waals surface area contributed by atoms with Gasteiger partial charge in [0.05, 0.1) is 10.8 Å². The van der Waals surface area contributed by atoms with E-state index < -0.39 is 10.0 Å². The molecule has 2 amide bonds. The first-order valence-corrected chi connectivity index (χ1v) is 15.1. The fourth-order valence-electron chi connectivity index (χ4n) is 6.06. The molecule has 3 aliphatic rings. The van der Waals surface area contributed by atoms with Crippen LogP contribution in [0.5, 0.6) is 0 Å². The topological polar surface area (TPSA) is 81.2 Å². The van der Waals surface area contributed by atoms with Crippen LogP contribution in [0.4, 0.5) is 11.4 Å². The van der Waals surface area contributed by atoms with Crippen molar-refractivity contribution in [1.82, 2.24) is 9.21 Å². The molecule has 0 aromatic heterocycles. The van der Waals surface area contributed by atoms with E-state index in [9.17, 15) is 18.0 Å². The highest BCUT2D eigenvalue weighted by Crippen LogP contribution is 2.32. The van der Waals surface area contributed by atoms with Crippen LogP contribution in [0.25, 0.3) is 0 Å². The Kier molecular flexibility index (Phi) is 7.51. The van der Waals surface area contributed by atoms with E-state index >= 15 is 0 Å². The van der Waals surface area contributed by atoms with Crippen LogP contribution in [0, 0.1) is 19.8 Å². The van der Waals surface area contributed by atoms with Crippen molar-refractivity contribution in [1.29, 1.82) is 0 Å². The molecule has 3 aliphatic heterocycles. The molecule has 8 nitrogen and oxygen atoms in total. The Bertz CT molecular complexity index is 1330. The van der Waals surface area contributed by atoms with Gasteiger partial charge in [0, 0.05) is 64.1 Å². The average molecular weight is 539 g/mol. The molecular weight excluding hydrogens is 500 g/mol. The largest absolute Gasteiger partial charge is 0.368 e. The summed E-state index contributed by atoms with van der Waals surface area (Å²) in [6, 6.07) is 11.5. The lowest BCUT2D eigenvalue weighted by atomic mass is 9.97. The summed E-state index contributed by atoms with van der Waals surface area (Å²) in [5.74, 6) is -0.293. The van der Waals surface area contributed by atoms with Crippen LogP contribution in [-0.4, -0.2) is 75.3 Å². The molecule has 2 fully saturated rings. The lowest BCUT2D eigenvalue weighted by Gasteiger charge is -2.40. The number of fused-ring (bicyclic) bond motifs is 1. The number of hydrogen-bond donors (Lipinski definition) is 0. The maximum Gasteiger partial charge on any atom is 0.243 e. The molecule has 38 heavy (non-hydrogen) atoms. The van der Waals surface area contributed by atoms with E-state index in [1.54, 1.807) is 23.1 Å². The molecule has 5 rings (SSSR count). The summed E-state index contributed by atoms with van der Waals surface area (Å²) in [5, 5.41) is 0. The van der Waals surface area contributed by atoms with Gasteiger partial charge in [0.1, 0.15) is 0 Å². The van der Waals surface area contributed by atoms with Crippen LogP contribution in [-0.2, 0) is 26.0 Å². The second-order valence-electron chi connectivity index (χ2n) is 10.9. The summed E-state index contributed by atoms with van der Waals surface area (Å²) in [5.41, 5.74) is 5.37. The molecule has 0 aliphatic carbocycles. The Labute approximate surface area is 226 Å². The van der Waals surface area contributed by atoms with Crippen molar-refractivity contribution in [2.75, 3.05) is 55.6 Å². The van der Waals surface area contributed by atoms with Gasteiger partial charge in [0.15, 0.2) is 0 Å². The first kappa shape index (κ1) is 26.7. The fraction of sp³-hybridized carbons (Fsp3) is 0.517. The maximum absolute atomic E-state index is 13.6. The molecule has 2 aromatic carbocycles. The number of anilines is 2. The molecule has 0 spiro atoms. The summed E-state index contributed by atoms with van der Waals surface area (Å²) in [7, 11) is -3.73. The molecule has 1 atom stereocenters.